The summed E-state index contributed by atoms with van der Waals surface area (Å²) in [6.07, 6.45) is 6.31. The molecule has 3 nitrogen and oxygen atoms in total. The van der Waals surface area contributed by atoms with Gasteiger partial charge in [-0.25, -0.2) is 0 Å². The third-order valence-electron chi connectivity index (χ3n) is 13.5. The Bertz CT molecular complexity index is 3260. The minimum absolute atomic E-state index is 0.102. The number of fused-ring (bicyclic) bond motifs is 10. The Hall–Kier alpha value is -6.58. The third-order valence-corrected chi connectivity index (χ3v) is 13.5. The largest absolute Gasteiger partial charge is 0.456 e. The van der Waals surface area contributed by atoms with Gasteiger partial charge < -0.3 is 13.7 Å². The molecule has 0 spiro atoms. The number of hydrogen-bond acceptors (Lipinski definition) is 3. The fourth-order valence-corrected chi connectivity index (χ4v) is 10.6. The van der Waals surface area contributed by atoms with Gasteiger partial charge in [0.05, 0.1) is 11.4 Å². The average Bonchev–Trinajstić information content (AvgIpc) is 3.92. The van der Waals surface area contributed by atoms with Crippen molar-refractivity contribution in [3.8, 4) is 22.3 Å². The highest BCUT2D eigenvalue weighted by molar-refractivity contribution is 6.15. The van der Waals surface area contributed by atoms with Crippen LogP contribution in [-0.4, -0.2) is 0 Å². The first-order valence-electron chi connectivity index (χ1n) is 20.9. The molecule has 12 rings (SSSR count). The molecule has 58 heavy (non-hydrogen) atoms. The third kappa shape index (κ3) is 4.92. The molecular formula is C55H43NO2. The Morgan fingerprint density at radius 3 is 2.09 bits per heavy atom. The number of rotatable bonds is 5. The zero-order valence-electron chi connectivity index (χ0n) is 32.9. The van der Waals surface area contributed by atoms with Crippen LogP contribution in [0.2, 0.25) is 0 Å². The molecule has 2 aliphatic carbocycles. The van der Waals surface area contributed by atoms with Crippen molar-refractivity contribution >= 4 is 71.7 Å². The van der Waals surface area contributed by atoms with Crippen LogP contribution in [-0.2, 0) is 5.41 Å². The Balaban J connectivity index is 1.18. The Kier molecular flexibility index (Phi) is 7.35. The number of nitrogens with zero attached hydrogens (tertiary/aromatic N) is 1. The Labute approximate surface area is 338 Å². The maximum atomic E-state index is 7.11. The first kappa shape index (κ1) is 33.5. The Morgan fingerprint density at radius 2 is 1.22 bits per heavy atom. The standard InChI is InChI=1S/C55H43NO2/c1-55(2)46-21-11-8-18-41(46)45-33-37(26-30-47(45)55)56(48-31-29-38(34-14-4-3-5-15-34)52-44-20-10-13-23-50(44)58-54(48)52)53-39-17-7-6-16-35(39)24-27-40(53)36-25-28-43-42-19-9-12-22-49(42)57-51(43)32-36/h6-13,16-34H,3-5,14-15H2,1-2H3. The molecule has 1 saturated carbocycles. The average molecular weight is 750 g/mol. The lowest BCUT2D eigenvalue weighted by Gasteiger charge is -2.31. The molecule has 2 heterocycles. The summed E-state index contributed by atoms with van der Waals surface area (Å²) >= 11 is 0. The van der Waals surface area contributed by atoms with E-state index in [4.69, 9.17) is 8.83 Å². The lowest BCUT2D eigenvalue weighted by Crippen LogP contribution is -2.16. The van der Waals surface area contributed by atoms with Gasteiger partial charge in [0.15, 0.2) is 5.58 Å². The van der Waals surface area contributed by atoms with E-state index < -0.39 is 0 Å². The monoisotopic (exact) mass is 749 g/mol. The van der Waals surface area contributed by atoms with Crippen molar-refractivity contribution < 1.29 is 8.83 Å². The van der Waals surface area contributed by atoms with E-state index in [0.29, 0.717) is 5.92 Å². The zero-order valence-corrected chi connectivity index (χ0v) is 32.9. The van der Waals surface area contributed by atoms with E-state index in [1.807, 2.05) is 6.07 Å². The van der Waals surface area contributed by atoms with E-state index in [1.165, 1.54) is 81.5 Å². The fraction of sp³-hybridized carbons (Fsp3) is 0.164. The highest BCUT2D eigenvalue weighted by Crippen LogP contribution is 2.54. The van der Waals surface area contributed by atoms with Gasteiger partial charge >= 0.3 is 0 Å². The van der Waals surface area contributed by atoms with Gasteiger partial charge in [-0.05, 0) is 100.0 Å². The fourth-order valence-electron chi connectivity index (χ4n) is 10.6. The van der Waals surface area contributed by atoms with Crippen LogP contribution in [0, 0.1) is 0 Å². The minimum atomic E-state index is -0.102. The van der Waals surface area contributed by atoms with Crippen LogP contribution in [0.15, 0.2) is 167 Å². The van der Waals surface area contributed by atoms with Crippen LogP contribution in [0.3, 0.4) is 0 Å². The molecular weight excluding hydrogens is 707 g/mol. The SMILES string of the molecule is CC1(C)c2ccccc2-c2cc(N(c3c(-c4ccc5c(c4)oc4ccccc45)ccc4ccccc34)c3ccc(C4CCCCC4)c4c3oc3ccccc34)ccc21. The number of anilines is 3. The molecule has 1 fully saturated rings. The molecule has 0 amide bonds. The van der Waals surface area contributed by atoms with Gasteiger partial charge in [0, 0.05) is 43.6 Å². The summed E-state index contributed by atoms with van der Waals surface area (Å²) in [5, 5.41) is 7.06. The van der Waals surface area contributed by atoms with Crippen molar-refractivity contribution in [2.75, 3.05) is 4.90 Å². The molecule has 280 valence electrons. The topological polar surface area (TPSA) is 29.5 Å². The number of para-hydroxylation sites is 2. The van der Waals surface area contributed by atoms with Crippen LogP contribution in [0.25, 0.3) is 76.9 Å². The highest BCUT2D eigenvalue weighted by atomic mass is 16.3. The van der Waals surface area contributed by atoms with Gasteiger partial charge in [-0.2, -0.15) is 0 Å². The summed E-state index contributed by atoms with van der Waals surface area (Å²) < 4.78 is 13.6. The summed E-state index contributed by atoms with van der Waals surface area (Å²) in [5.74, 6) is 0.516. The second-order valence-corrected chi connectivity index (χ2v) is 17.0. The van der Waals surface area contributed by atoms with Crippen molar-refractivity contribution in [3.63, 3.8) is 0 Å². The molecule has 0 N–H and O–H groups in total. The van der Waals surface area contributed by atoms with Gasteiger partial charge in [-0.15, -0.1) is 0 Å². The second-order valence-electron chi connectivity index (χ2n) is 17.0. The molecule has 3 heteroatoms. The predicted molar refractivity (Wildman–Crippen MR) is 242 cm³/mol. The maximum Gasteiger partial charge on any atom is 0.159 e. The molecule has 0 aliphatic heterocycles. The first-order valence-corrected chi connectivity index (χ1v) is 20.9. The Morgan fingerprint density at radius 1 is 0.517 bits per heavy atom. The van der Waals surface area contributed by atoms with Crippen molar-refractivity contribution in [1.82, 2.24) is 0 Å². The van der Waals surface area contributed by atoms with E-state index in [0.717, 1.165) is 61.3 Å². The van der Waals surface area contributed by atoms with Gasteiger partial charge in [-0.1, -0.05) is 148 Å². The molecule has 0 radical (unpaired) electrons. The molecule has 0 saturated heterocycles. The van der Waals surface area contributed by atoms with E-state index in [1.54, 1.807) is 0 Å². The predicted octanol–water partition coefficient (Wildman–Crippen LogP) is 16.1. The quantitative estimate of drug-likeness (QED) is 0.175. The van der Waals surface area contributed by atoms with Crippen molar-refractivity contribution in [2.24, 2.45) is 0 Å². The lowest BCUT2D eigenvalue weighted by atomic mass is 9.82. The highest BCUT2D eigenvalue weighted by Gasteiger charge is 2.36. The van der Waals surface area contributed by atoms with Crippen LogP contribution in [0.1, 0.15) is 68.6 Å². The molecule has 10 aromatic rings. The summed E-state index contributed by atoms with van der Waals surface area (Å²) in [6, 6.07) is 57.9. The lowest BCUT2D eigenvalue weighted by molar-refractivity contribution is 0.445. The normalized spacial score (nSPS) is 15.1. The zero-order chi connectivity index (χ0) is 38.5. The van der Waals surface area contributed by atoms with E-state index in [2.05, 4.69) is 170 Å². The van der Waals surface area contributed by atoms with Crippen molar-refractivity contribution in [2.45, 2.75) is 57.3 Å². The second kappa shape index (κ2) is 12.7. The van der Waals surface area contributed by atoms with Crippen LogP contribution in [0.5, 0.6) is 0 Å². The summed E-state index contributed by atoms with van der Waals surface area (Å²) in [5.41, 5.74) is 15.8. The summed E-state index contributed by atoms with van der Waals surface area (Å²) in [4.78, 5) is 2.50. The summed E-state index contributed by atoms with van der Waals surface area (Å²) in [7, 11) is 0. The van der Waals surface area contributed by atoms with Gasteiger partial charge in [0.1, 0.15) is 16.7 Å². The van der Waals surface area contributed by atoms with Crippen LogP contribution >= 0.6 is 0 Å². The smallest absolute Gasteiger partial charge is 0.159 e. The van der Waals surface area contributed by atoms with E-state index in [-0.39, 0.29) is 5.41 Å². The van der Waals surface area contributed by atoms with Gasteiger partial charge in [-0.3, -0.25) is 0 Å². The number of hydrogen-bond donors (Lipinski definition) is 0. The van der Waals surface area contributed by atoms with Crippen molar-refractivity contribution in [1.29, 1.82) is 0 Å². The van der Waals surface area contributed by atoms with E-state index >= 15 is 0 Å². The number of furan rings is 2. The van der Waals surface area contributed by atoms with Gasteiger partial charge in [0.2, 0.25) is 0 Å². The number of benzene rings is 8. The maximum absolute atomic E-state index is 7.11. The molecule has 0 unspecified atom stereocenters. The molecule has 8 aromatic carbocycles. The molecule has 2 aromatic heterocycles. The van der Waals surface area contributed by atoms with Crippen LogP contribution < -0.4 is 4.90 Å². The minimum Gasteiger partial charge on any atom is -0.456 e. The summed E-state index contributed by atoms with van der Waals surface area (Å²) in [6.45, 7) is 4.71. The van der Waals surface area contributed by atoms with Crippen molar-refractivity contribution in [3.05, 3.63) is 174 Å². The molecule has 2 aliphatic rings. The van der Waals surface area contributed by atoms with Crippen LogP contribution in [0.4, 0.5) is 17.1 Å². The molecule has 0 bridgehead atoms. The van der Waals surface area contributed by atoms with Gasteiger partial charge in [0.25, 0.3) is 0 Å². The first-order chi connectivity index (χ1) is 28.5. The molecule has 0 atom stereocenters. The van der Waals surface area contributed by atoms with E-state index in [9.17, 15) is 0 Å².